The molecule has 0 saturated carbocycles. The first-order valence-corrected chi connectivity index (χ1v) is 6.04. The van der Waals surface area contributed by atoms with Gasteiger partial charge < -0.3 is 4.98 Å². The van der Waals surface area contributed by atoms with Crippen LogP contribution in [0, 0.1) is 0 Å². The van der Waals surface area contributed by atoms with Crippen LogP contribution < -0.4 is 0 Å². The van der Waals surface area contributed by atoms with Crippen LogP contribution in [0.5, 0.6) is 0 Å². The number of benzene rings is 2. The molecule has 0 radical (unpaired) electrons. The first-order chi connectivity index (χ1) is 8.38. The Bertz CT molecular complexity index is 632. The molecule has 0 atom stereocenters. The maximum atomic E-state index is 3.25. The lowest BCUT2D eigenvalue weighted by molar-refractivity contribution is 1.14. The summed E-state index contributed by atoms with van der Waals surface area (Å²) in [6.45, 7) is 2.18. The van der Waals surface area contributed by atoms with E-state index in [9.17, 15) is 0 Å². The Morgan fingerprint density at radius 2 is 1.76 bits per heavy atom. The van der Waals surface area contributed by atoms with E-state index in [1.54, 1.807) is 0 Å². The van der Waals surface area contributed by atoms with E-state index in [0.29, 0.717) is 0 Å². The zero-order valence-corrected chi connectivity index (χ0v) is 9.90. The van der Waals surface area contributed by atoms with Gasteiger partial charge in [0.05, 0.1) is 0 Å². The molecule has 0 aliphatic carbocycles. The molecular weight excluding hydrogens is 206 g/mol. The predicted molar refractivity (Wildman–Crippen MR) is 73.1 cm³/mol. The van der Waals surface area contributed by atoms with Crippen LogP contribution in [0.2, 0.25) is 0 Å². The highest BCUT2D eigenvalue weighted by atomic mass is 14.7. The van der Waals surface area contributed by atoms with Crippen molar-refractivity contribution in [2.75, 3.05) is 0 Å². The fourth-order valence-electron chi connectivity index (χ4n) is 2.26. The van der Waals surface area contributed by atoms with Gasteiger partial charge in [-0.1, -0.05) is 43.3 Å². The number of nitrogens with one attached hydrogen (secondary N) is 1. The summed E-state index contributed by atoms with van der Waals surface area (Å²) in [6, 6.07) is 17.4. The van der Waals surface area contributed by atoms with Crippen LogP contribution >= 0.6 is 0 Å². The van der Waals surface area contributed by atoms with Gasteiger partial charge in [0.25, 0.3) is 0 Å². The Morgan fingerprint density at radius 3 is 2.53 bits per heavy atom. The van der Waals surface area contributed by atoms with Crippen molar-refractivity contribution in [1.29, 1.82) is 0 Å². The summed E-state index contributed by atoms with van der Waals surface area (Å²) < 4.78 is 0. The zero-order chi connectivity index (χ0) is 11.7. The third-order valence-corrected chi connectivity index (χ3v) is 3.27. The third-order valence-electron chi connectivity index (χ3n) is 3.27. The lowest BCUT2D eigenvalue weighted by atomic mass is 10.00. The first kappa shape index (κ1) is 10.2. The fraction of sp³-hybridized carbons (Fsp3) is 0.125. The lowest BCUT2D eigenvalue weighted by Crippen LogP contribution is -1.82. The Hall–Kier alpha value is -2.02. The average molecular weight is 221 g/mol. The highest BCUT2D eigenvalue weighted by Gasteiger charge is 2.03. The van der Waals surface area contributed by atoms with E-state index in [2.05, 4.69) is 60.4 Å². The molecule has 0 spiro atoms. The summed E-state index contributed by atoms with van der Waals surface area (Å²) in [4.78, 5) is 3.25. The van der Waals surface area contributed by atoms with E-state index in [1.807, 2.05) is 6.20 Å². The van der Waals surface area contributed by atoms with E-state index in [-0.39, 0.29) is 0 Å². The molecule has 1 heteroatoms. The van der Waals surface area contributed by atoms with Crippen LogP contribution in [0.25, 0.3) is 22.0 Å². The molecule has 0 fully saturated rings. The molecule has 0 aliphatic rings. The number of aromatic amines is 1. The Morgan fingerprint density at radius 1 is 0.941 bits per heavy atom. The molecule has 1 nitrogen and oxygen atoms in total. The normalized spacial score (nSPS) is 10.9. The monoisotopic (exact) mass is 221 g/mol. The number of rotatable bonds is 2. The number of H-pyrrole nitrogens is 1. The molecule has 3 aromatic rings. The van der Waals surface area contributed by atoms with Gasteiger partial charge in [0.1, 0.15) is 0 Å². The molecule has 0 unspecified atom stereocenters. The van der Waals surface area contributed by atoms with Gasteiger partial charge in [-0.2, -0.15) is 0 Å². The second-order valence-corrected chi connectivity index (χ2v) is 4.29. The predicted octanol–water partition coefficient (Wildman–Crippen LogP) is 4.40. The van der Waals surface area contributed by atoms with Crippen molar-refractivity contribution in [2.45, 2.75) is 13.3 Å². The van der Waals surface area contributed by atoms with E-state index in [1.165, 1.54) is 27.6 Å². The van der Waals surface area contributed by atoms with Crippen LogP contribution in [0.3, 0.4) is 0 Å². The number of aryl methyl sites for hydroxylation is 1. The van der Waals surface area contributed by atoms with Crippen molar-refractivity contribution in [2.24, 2.45) is 0 Å². The van der Waals surface area contributed by atoms with E-state index >= 15 is 0 Å². The van der Waals surface area contributed by atoms with E-state index in [0.717, 1.165) is 6.42 Å². The second kappa shape index (κ2) is 4.10. The molecule has 1 N–H and O–H groups in total. The van der Waals surface area contributed by atoms with Crippen molar-refractivity contribution in [1.82, 2.24) is 4.98 Å². The van der Waals surface area contributed by atoms with Gasteiger partial charge in [-0.05, 0) is 35.2 Å². The first-order valence-electron chi connectivity index (χ1n) is 6.04. The minimum Gasteiger partial charge on any atom is -0.361 e. The summed E-state index contributed by atoms with van der Waals surface area (Å²) in [5, 5.41) is 1.29. The topological polar surface area (TPSA) is 15.8 Å². The van der Waals surface area contributed by atoms with Gasteiger partial charge in [0.15, 0.2) is 0 Å². The molecule has 17 heavy (non-hydrogen) atoms. The average Bonchev–Trinajstić information content (AvgIpc) is 2.87. The minimum atomic E-state index is 1.09. The standard InChI is InChI=1S/C16H15N/c1-2-12-6-8-13(9-7-12)14-4-3-5-16-15(14)10-11-17-16/h3-11,17H,2H2,1H3. The SMILES string of the molecule is CCc1ccc(-c2cccc3[nH]ccc23)cc1. The molecule has 1 aromatic heterocycles. The Kier molecular flexibility index (Phi) is 2.45. The van der Waals surface area contributed by atoms with Crippen molar-refractivity contribution in [3.05, 3.63) is 60.3 Å². The molecule has 0 saturated heterocycles. The highest BCUT2D eigenvalue weighted by molar-refractivity contribution is 5.95. The molecule has 84 valence electrons. The summed E-state index contributed by atoms with van der Waals surface area (Å²) in [6.07, 6.45) is 3.09. The van der Waals surface area contributed by atoms with Crippen LogP contribution in [-0.2, 0) is 6.42 Å². The molecule has 1 heterocycles. The number of hydrogen-bond donors (Lipinski definition) is 1. The van der Waals surface area contributed by atoms with Crippen LogP contribution in [0.15, 0.2) is 54.7 Å². The van der Waals surface area contributed by atoms with E-state index < -0.39 is 0 Å². The van der Waals surface area contributed by atoms with E-state index in [4.69, 9.17) is 0 Å². The fourth-order valence-corrected chi connectivity index (χ4v) is 2.26. The third kappa shape index (κ3) is 1.74. The highest BCUT2D eigenvalue weighted by Crippen LogP contribution is 2.28. The van der Waals surface area contributed by atoms with Crippen molar-refractivity contribution in [3.63, 3.8) is 0 Å². The molecule has 3 rings (SSSR count). The van der Waals surface area contributed by atoms with Crippen LogP contribution in [0.1, 0.15) is 12.5 Å². The summed E-state index contributed by atoms with van der Waals surface area (Å²) >= 11 is 0. The van der Waals surface area contributed by atoms with Gasteiger partial charge in [-0.3, -0.25) is 0 Å². The summed E-state index contributed by atoms with van der Waals surface area (Å²) in [7, 11) is 0. The number of fused-ring (bicyclic) bond motifs is 1. The number of aromatic nitrogens is 1. The van der Waals surface area contributed by atoms with Crippen LogP contribution in [-0.4, -0.2) is 4.98 Å². The van der Waals surface area contributed by atoms with Gasteiger partial charge >= 0.3 is 0 Å². The molecule has 2 aromatic carbocycles. The summed E-state index contributed by atoms with van der Waals surface area (Å²) in [5.74, 6) is 0. The Balaban J connectivity index is 2.16. The van der Waals surface area contributed by atoms with Gasteiger partial charge in [0.2, 0.25) is 0 Å². The summed E-state index contributed by atoms with van der Waals surface area (Å²) in [5.41, 5.74) is 5.16. The Labute approximate surface area is 101 Å². The number of hydrogen-bond acceptors (Lipinski definition) is 0. The molecular formula is C16H15N. The molecule has 0 aliphatic heterocycles. The smallest absolute Gasteiger partial charge is 0.0460 e. The molecule has 0 amide bonds. The van der Waals surface area contributed by atoms with Gasteiger partial charge in [-0.25, -0.2) is 0 Å². The lowest BCUT2D eigenvalue weighted by Gasteiger charge is -2.05. The quantitative estimate of drug-likeness (QED) is 0.660. The van der Waals surface area contributed by atoms with Crippen molar-refractivity contribution < 1.29 is 0 Å². The van der Waals surface area contributed by atoms with Crippen molar-refractivity contribution >= 4 is 10.9 Å². The van der Waals surface area contributed by atoms with Gasteiger partial charge in [-0.15, -0.1) is 0 Å². The zero-order valence-electron chi connectivity index (χ0n) is 9.90. The van der Waals surface area contributed by atoms with Crippen molar-refractivity contribution in [3.8, 4) is 11.1 Å². The second-order valence-electron chi connectivity index (χ2n) is 4.29. The maximum absolute atomic E-state index is 3.25. The van der Waals surface area contributed by atoms with Crippen LogP contribution in [0.4, 0.5) is 0 Å². The molecule has 0 bridgehead atoms. The maximum Gasteiger partial charge on any atom is 0.0460 e. The van der Waals surface area contributed by atoms with Gasteiger partial charge in [0, 0.05) is 17.1 Å². The largest absolute Gasteiger partial charge is 0.361 e. The minimum absolute atomic E-state index is 1.09.